The third-order valence-corrected chi connectivity index (χ3v) is 3.40. The number of nitrogens with two attached hydrogens (primary N) is 1. The van der Waals surface area contributed by atoms with Gasteiger partial charge in [0.15, 0.2) is 6.61 Å². The molecule has 0 saturated carbocycles. The summed E-state index contributed by atoms with van der Waals surface area (Å²) >= 11 is 5.50. The lowest BCUT2D eigenvalue weighted by Gasteiger charge is -2.12. The average molecular weight is 373 g/mol. The second-order valence-corrected chi connectivity index (χ2v) is 5.30. The fourth-order valence-corrected chi connectivity index (χ4v) is 2.18. The molecule has 0 aliphatic heterocycles. The van der Waals surface area contributed by atoms with E-state index in [1.165, 1.54) is 18.2 Å². The van der Waals surface area contributed by atoms with Crippen LogP contribution in [0.3, 0.4) is 0 Å². The summed E-state index contributed by atoms with van der Waals surface area (Å²) in [5.74, 6) is -1.35. The Morgan fingerprint density at radius 3 is 2.48 bits per heavy atom. The summed E-state index contributed by atoms with van der Waals surface area (Å²) in [7, 11) is 0. The predicted molar refractivity (Wildman–Crippen MR) is 85.5 cm³/mol. The first-order valence-electron chi connectivity index (χ1n) is 6.86. The van der Waals surface area contributed by atoms with E-state index in [9.17, 15) is 22.8 Å². The van der Waals surface area contributed by atoms with E-state index in [0.717, 1.165) is 12.1 Å². The minimum atomic E-state index is -4.64. The Balaban J connectivity index is 2.06. The zero-order valence-corrected chi connectivity index (χ0v) is 13.3. The molecule has 0 radical (unpaired) electrons. The van der Waals surface area contributed by atoms with E-state index in [4.69, 9.17) is 22.1 Å². The number of rotatable bonds is 5. The molecule has 3 N–H and O–H groups in total. The van der Waals surface area contributed by atoms with Crippen LogP contribution in [0.4, 0.5) is 18.9 Å². The van der Waals surface area contributed by atoms with Crippen molar-refractivity contribution in [2.75, 3.05) is 11.9 Å². The molecule has 2 amide bonds. The Morgan fingerprint density at radius 1 is 1.16 bits per heavy atom. The molecule has 0 spiro atoms. The normalized spacial score (nSPS) is 11.0. The smallest absolute Gasteiger partial charge is 0.417 e. The van der Waals surface area contributed by atoms with Crippen molar-refractivity contribution in [2.24, 2.45) is 5.73 Å². The summed E-state index contributed by atoms with van der Waals surface area (Å²) in [5.41, 5.74) is 4.11. The number of carbonyl (C=O) groups is 2. The van der Waals surface area contributed by atoms with Gasteiger partial charge >= 0.3 is 6.18 Å². The first-order valence-corrected chi connectivity index (χ1v) is 7.24. The van der Waals surface area contributed by atoms with Gasteiger partial charge in [0.1, 0.15) is 5.75 Å². The van der Waals surface area contributed by atoms with Crippen LogP contribution in [0, 0.1) is 0 Å². The van der Waals surface area contributed by atoms with Crippen molar-refractivity contribution in [2.45, 2.75) is 6.18 Å². The summed E-state index contributed by atoms with van der Waals surface area (Å²) in [6, 6.07) is 8.99. The number of carbonyl (C=O) groups excluding carboxylic acids is 2. The summed E-state index contributed by atoms with van der Waals surface area (Å²) in [6.45, 7) is -0.520. The maximum Gasteiger partial charge on any atom is 0.417 e. The van der Waals surface area contributed by atoms with Gasteiger partial charge in [-0.15, -0.1) is 0 Å². The van der Waals surface area contributed by atoms with Gasteiger partial charge in [0.25, 0.3) is 11.8 Å². The van der Waals surface area contributed by atoms with Crippen molar-refractivity contribution >= 4 is 29.1 Å². The van der Waals surface area contributed by atoms with E-state index in [0.29, 0.717) is 0 Å². The number of para-hydroxylation sites is 1. The highest BCUT2D eigenvalue weighted by Gasteiger charge is 2.33. The van der Waals surface area contributed by atoms with E-state index in [1.807, 2.05) is 0 Å². The molecule has 9 heteroatoms. The number of nitrogens with one attached hydrogen (secondary N) is 1. The highest BCUT2D eigenvalue weighted by molar-refractivity contribution is 6.31. The average Bonchev–Trinajstić information content (AvgIpc) is 2.54. The molecular formula is C16H12ClF3N2O3. The van der Waals surface area contributed by atoms with Crippen molar-refractivity contribution < 1.29 is 27.5 Å². The summed E-state index contributed by atoms with van der Waals surface area (Å²) in [4.78, 5) is 23.1. The lowest BCUT2D eigenvalue weighted by atomic mass is 10.2. The number of primary amides is 1. The van der Waals surface area contributed by atoms with Gasteiger partial charge < -0.3 is 15.8 Å². The van der Waals surface area contributed by atoms with E-state index < -0.39 is 35.2 Å². The zero-order chi connectivity index (χ0) is 18.6. The van der Waals surface area contributed by atoms with Gasteiger partial charge in [-0.25, -0.2) is 0 Å². The summed E-state index contributed by atoms with van der Waals surface area (Å²) in [6.07, 6.45) is -4.64. The van der Waals surface area contributed by atoms with Crippen LogP contribution in [0.5, 0.6) is 5.75 Å². The van der Waals surface area contributed by atoms with Gasteiger partial charge in [0, 0.05) is 5.69 Å². The second-order valence-electron chi connectivity index (χ2n) is 4.89. The lowest BCUT2D eigenvalue weighted by molar-refractivity contribution is -0.137. The molecule has 0 bridgehead atoms. The van der Waals surface area contributed by atoms with Gasteiger partial charge in [-0.2, -0.15) is 13.2 Å². The van der Waals surface area contributed by atoms with Crippen LogP contribution in [-0.2, 0) is 11.0 Å². The monoisotopic (exact) mass is 372 g/mol. The summed E-state index contributed by atoms with van der Waals surface area (Å²) < 4.78 is 43.6. The number of halogens is 4. The molecule has 0 aliphatic carbocycles. The lowest BCUT2D eigenvalue weighted by Crippen LogP contribution is -2.22. The third-order valence-electron chi connectivity index (χ3n) is 3.07. The Morgan fingerprint density at radius 2 is 1.84 bits per heavy atom. The fraction of sp³-hybridized carbons (Fsp3) is 0.125. The molecular weight excluding hydrogens is 361 g/mol. The molecule has 0 heterocycles. The highest BCUT2D eigenvalue weighted by Crippen LogP contribution is 2.36. The van der Waals surface area contributed by atoms with Gasteiger partial charge in [0.05, 0.1) is 16.1 Å². The number of alkyl halides is 3. The van der Waals surface area contributed by atoms with Crippen molar-refractivity contribution in [3.8, 4) is 5.75 Å². The molecule has 2 rings (SSSR count). The molecule has 0 aliphatic rings. The number of ether oxygens (including phenoxy) is 1. The van der Waals surface area contributed by atoms with Crippen molar-refractivity contribution in [1.29, 1.82) is 0 Å². The Kier molecular flexibility index (Phi) is 5.53. The van der Waals surface area contributed by atoms with Crippen LogP contribution >= 0.6 is 11.6 Å². The first kappa shape index (κ1) is 18.6. The van der Waals surface area contributed by atoms with Crippen LogP contribution in [0.15, 0.2) is 42.5 Å². The standard InChI is InChI=1S/C16H12ClF3N2O3/c17-12-6-5-9(7-11(12)16(18,19)20)22-14(23)8-25-13-4-2-1-3-10(13)15(21)24/h1-7H,8H2,(H2,21,24)(H,22,23). The molecule has 5 nitrogen and oxygen atoms in total. The van der Waals surface area contributed by atoms with Gasteiger partial charge in [-0.3, -0.25) is 9.59 Å². The highest BCUT2D eigenvalue weighted by atomic mass is 35.5. The molecule has 0 aromatic heterocycles. The first-order chi connectivity index (χ1) is 11.7. The van der Waals surface area contributed by atoms with Crippen LogP contribution in [0.2, 0.25) is 5.02 Å². The van der Waals surface area contributed by atoms with Crippen molar-refractivity contribution in [3.05, 3.63) is 58.6 Å². The molecule has 2 aromatic rings. The molecule has 0 fully saturated rings. The van der Waals surface area contributed by atoms with Crippen LogP contribution in [0.25, 0.3) is 0 Å². The Labute approximate surface area is 145 Å². The number of amides is 2. The van der Waals surface area contributed by atoms with Crippen LogP contribution < -0.4 is 15.8 Å². The topological polar surface area (TPSA) is 81.4 Å². The van der Waals surface area contributed by atoms with E-state index >= 15 is 0 Å². The maximum absolute atomic E-state index is 12.8. The molecule has 0 unspecified atom stereocenters. The number of hydrogen-bond donors (Lipinski definition) is 2. The predicted octanol–water partition coefficient (Wildman–Crippen LogP) is 3.48. The largest absolute Gasteiger partial charge is 0.483 e. The van der Waals surface area contributed by atoms with Crippen molar-refractivity contribution in [1.82, 2.24) is 0 Å². The Hall–Kier alpha value is -2.74. The number of benzene rings is 2. The van der Waals surface area contributed by atoms with E-state index in [1.54, 1.807) is 12.1 Å². The van der Waals surface area contributed by atoms with Gasteiger partial charge in [-0.1, -0.05) is 23.7 Å². The quantitative estimate of drug-likeness (QED) is 0.843. The van der Waals surface area contributed by atoms with E-state index in [2.05, 4.69) is 5.32 Å². The SMILES string of the molecule is NC(=O)c1ccccc1OCC(=O)Nc1ccc(Cl)c(C(F)(F)F)c1. The minimum absolute atomic E-state index is 0.0844. The van der Waals surface area contributed by atoms with Gasteiger partial charge in [-0.05, 0) is 30.3 Å². The Bertz CT molecular complexity index is 809. The molecule has 25 heavy (non-hydrogen) atoms. The second kappa shape index (κ2) is 7.43. The fourth-order valence-electron chi connectivity index (χ4n) is 1.96. The minimum Gasteiger partial charge on any atom is -0.483 e. The van der Waals surface area contributed by atoms with E-state index in [-0.39, 0.29) is 17.0 Å². The maximum atomic E-state index is 12.8. The molecule has 2 aromatic carbocycles. The summed E-state index contributed by atoms with van der Waals surface area (Å²) in [5, 5.41) is 1.79. The molecule has 0 saturated heterocycles. The number of anilines is 1. The number of hydrogen-bond acceptors (Lipinski definition) is 3. The van der Waals surface area contributed by atoms with Crippen molar-refractivity contribution in [3.63, 3.8) is 0 Å². The zero-order valence-electron chi connectivity index (χ0n) is 12.6. The molecule has 0 atom stereocenters. The van der Waals surface area contributed by atoms with Crippen LogP contribution in [0.1, 0.15) is 15.9 Å². The third kappa shape index (κ3) is 4.87. The van der Waals surface area contributed by atoms with Crippen LogP contribution in [-0.4, -0.2) is 18.4 Å². The van der Waals surface area contributed by atoms with Gasteiger partial charge in [0.2, 0.25) is 0 Å². The molecule has 132 valence electrons.